The van der Waals surface area contributed by atoms with Crippen LogP contribution in [0.1, 0.15) is 0 Å². The topological polar surface area (TPSA) is 52.6 Å². The third-order valence-corrected chi connectivity index (χ3v) is 1.72. The van der Waals surface area contributed by atoms with Crippen molar-refractivity contribution in [1.29, 1.82) is 0 Å². The summed E-state index contributed by atoms with van der Waals surface area (Å²) >= 11 is 0. The lowest BCUT2D eigenvalue weighted by atomic mass is 10.1. The van der Waals surface area contributed by atoms with Crippen molar-refractivity contribution < 1.29 is 19.1 Å². The lowest BCUT2D eigenvalue weighted by Crippen LogP contribution is -2.25. The molecule has 0 aromatic rings. The van der Waals surface area contributed by atoms with E-state index in [9.17, 15) is 9.59 Å². The molecule has 2 rings (SSSR count). The van der Waals surface area contributed by atoms with Gasteiger partial charge in [-0.25, -0.2) is 0 Å². The number of carbonyl (C=O) groups is 2. The van der Waals surface area contributed by atoms with E-state index in [-0.39, 0.29) is 51.8 Å². The summed E-state index contributed by atoms with van der Waals surface area (Å²) in [4.78, 5) is 21.6. The Bertz CT molecular complexity index is 184. The van der Waals surface area contributed by atoms with Crippen molar-refractivity contribution in [3.8, 4) is 0 Å². The predicted octanol–water partition coefficient (Wildman–Crippen LogP) is -0.852. The molecule has 4 nitrogen and oxygen atoms in total. The smallest absolute Gasteiger partial charge is 0.190 e. The maximum atomic E-state index is 10.8. The first-order valence-corrected chi connectivity index (χ1v) is 3.07. The van der Waals surface area contributed by atoms with Crippen molar-refractivity contribution in [2.24, 2.45) is 0 Å². The molecule has 2 atom stereocenters. The molecule has 2 aliphatic rings. The van der Waals surface area contributed by atoms with Crippen LogP contribution in [0.15, 0.2) is 0 Å². The fourth-order valence-corrected chi connectivity index (χ4v) is 1.21. The number of ketones is 2. The van der Waals surface area contributed by atoms with Crippen molar-refractivity contribution in [3.63, 3.8) is 0 Å². The zero-order valence-electron chi connectivity index (χ0n) is 6.20. The summed E-state index contributed by atoms with van der Waals surface area (Å²) in [7, 11) is 0. The van der Waals surface area contributed by atoms with Gasteiger partial charge in [0, 0.05) is 0 Å². The Labute approximate surface area is 83.5 Å². The molecule has 6 heteroatoms. The molecule has 70 valence electrons. The maximum absolute atomic E-state index is 10.8. The zero-order valence-corrected chi connectivity index (χ0v) is 8.20. The van der Waals surface area contributed by atoms with E-state index in [0.717, 1.165) is 0 Å². The van der Waals surface area contributed by atoms with Gasteiger partial charge in [-0.3, -0.25) is 9.59 Å². The molecule has 2 fully saturated rings. The Morgan fingerprint density at radius 1 is 0.917 bits per heavy atom. The SMILES string of the molecule is O=C1CO[C@@H]2C(=O)CO[C@H]12.S.S. The van der Waals surface area contributed by atoms with E-state index in [0.29, 0.717) is 0 Å². The Morgan fingerprint density at radius 2 is 1.25 bits per heavy atom. The molecular weight excluding hydrogens is 200 g/mol. The number of ether oxygens (including phenoxy) is 2. The van der Waals surface area contributed by atoms with Gasteiger partial charge in [-0.1, -0.05) is 0 Å². The Kier molecular flexibility index (Phi) is 4.25. The van der Waals surface area contributed by atoms with E-state index in [4.69, 9.17) is 9.47 Å². The number of hydrogen-bond acceptors (Lipinski definition) is 4. The van der Waals surface area contributed by atoms with Crippen LogP contribution in [0, 0.1) is 0 Å². The van der Waals surface area contributed by atoms with Crippen molar-refractivity contribution in [1.82, 2.24) is 0 Å². The van der Waals surface area contributed by atoms with Crippen LogP contribution in [0.25, 0.3) is 0 Å². The summed E-state index contributed by atoms with van der Waals surface area (Å²) in [6.45, 7) is 0.0577. The van der Waals surface area contributed by atoms with Crippen molar-refractivity contribution >= 4 is 38.6 Å². The average molecular weight is 210 g/mol. The summed E-state index contributed by atoms with van der Waals surface area (Å²) in [6, 6.07) is 0. The van der Waals surface area contributed by atoms with Crippen LogP contribution in [0.5, 0.6) is 0 Å². The molecular formula is C6H10O4S2. The van der Waals surface area contributed by atoms with Gasteiger partial charge in [-0.2, -0.15) is 27.0 Å². The van der Waals surface area contributed by atoms with Crippen LogP contribution in [0.3, 0.4) is 0 Å². The molecule has 0 aromatic carbocycles. The number of fused-ring (bicyclic) bond motifs is 1. The summed E-state index contributed by atoms with van der Waals surface area (Å²) in [5, 5.41) is 0. The van der Waals surface area contributed by atoms with Gasteiger partial charge in [0.05, 0.1) is 0 Å². The highest BCUT2D eigenvalue weighted by Gasteiger charge is 2.46. The van der Waals surface area contributed by atoms with Crippen molar-refractivity contribution in [3.05, 3.63) is 0 Å². The molecule has 0 aromatic heterocycles. The van der Waals surface area contributed by atoms with Crippen LogP contribution in [0.2, 0.25) is 0 Å². The second kappa shape index (κ2) is 4.27. The van der Waals surface area contributed by atoms with Gasteiger partial charge in [0.15, 0.2) is 23.8 Å². The fraction of sp³-hybridized carbons (Fsp3) is 0.667. The van der Waals surface area contributed by atoms with Crippen LogP contribution in [0.4, 0.5) is 0 Å². The third kappa shape index (κ3) is 1.66. The van der Waals surface area contributed by atoms with Crippen LogP contribution < -0.4 is 0 Å². The Hall–Kier alpha value is -0.0400. The Balaban J connectivity index is 0.000000605. The van der Waals surface area contributed by atoms with Gasteiger partial charge >= 0.3 is 0 Å². The first kappa shape index (κ1) is 12.0. The lowest BCUT2D eigenvalue weighted by molar-refractivity contribution is -0.127. The molecule has 0 bridgehead atoms. The molecule has 2 saturated heterocycles. The maximum Gasteiger partial charge on any atom is 0.190 e. The quantitative estimate of drug-likeness (QED) is 0.522. The summed E-state index contributed by atoms with van der Waals surface area (Å²) in [6.07, 6.45) is -1.18. The molecule has 0 N–H and O–H groups in total. The highest BCUT2D eigenvalue weighted by molar-refractivity contribution is 7.59. The highest BCUT2D eigenvalue weighted by Crippen LogP contribution is 2.20. The van der Waals surface area contributed by atoms with Gasteiger partial charge in [-0.15, -0.1) is 0 Å². The molecule has 12 heavy (non-hydrogen) atoms. The monoisotopic (exact) mass is 210 g/mol. The minimum Gasteiger partial charge on any atom is -0.359 e. The lowest BCUT2D eigenvalue weighted by Gasteiger charge is -1.99. The number of carbonyl (C=O) groups excluding carboxylic acids is 2. The largest absolute Gasteiger partial charge is 0.359 e. The zero-order chi connectivity index (χ0) is 7.14. The minimum atomic E-state index is -0.590. The first-order valence-electron chi connectivity index (χ1n) is 3.07. The van der Waals surface area contributed by atoms with E-state index in [1.54, 1.807) is 0 Å². The first-order chi connectivity index (χ1) is 4.79. The molecule has 0 radical (unpaired) electrons. The van der Waals surface area contributed by atoms with Crippen molar-refractivity contribution in [2.45, 2.75) is 12.2 Å². The van der Waals surface area contributed by atoms with Gasteiger partial charge in [0.25, 0.3) is 0 Å². The minimum absolute atomic E-state index is 0. The molecule has 0 saturated carbocycles. The number of Topliss-reactive ketones (excluding diaryl/α,β-unsaturated/α-hetero) is 2. The average Bonchev–Trinajstić information content (AvgIpc) is 2.41. The van der Waals surface area contributed by atoms with E-state index < -0.39 is 12.2 Å². The molecule has 0 amide bonds. The standard InChI is InChI=1S/C6H6O4.2H2S/c7-3-1-9-6-4(8)2-10-5(3)6;;/h5-6H,1-2H2;2*1H2/t5-,6-;;/m1../s1. The van der Waals surface area contributed by atoms with E-state index in [1.165, 1.54) is 0 Å². The van der Waals surface area contributed by atoms with Gasteiger partial charge in [0.1, 0.15) is 13.2 Å². The normalized spacial score (nSPS) is 32.3. The number of hydrogen-bond donors (Lipinski definition) is 0. The third-order valence-electron chi connectivity index (χ3n) is 1.72. The predicted molar refractivity (Wildman–Crippen MR) is 50.3 cm³/mol. The van der Waals surface area contributed by atoms with Crippen LogP contribution in [-0.4, -0.2) is 37.0 Å². The van der Waals surface area contributed by atoms with Crippen LogP contribution in [-0.2, 0) is 19.1 Å². The van der Waals surface area contributed by atoms with Gasteiger partial charge in [0.2, 0.25) is 0 Å². The summed E-state index contributed by atoms with van der Waals surface area (Å²) in [5.74, 6) is -0.230. The molecule has 2 aliphatic heterocycles. The molecule has 0 aliphatic carbocycles. The highest BCUT2D eigenvalue weighted by atomic mass is 32.1. The second-order valence-electron chi connectivity index (χ2n) is 2.40. The molecule has 2 heterocycles. The molecule has 0 unspecified atom stereocenters. The van der Waals surface area contributed by atoms with Gasteiger partial charge in [-0.05, 0) is 0 Å². The van der Waals surface area contributed by atoms with Gasteiger partial charge < -0.3 is 9.47 Å². The van der Waals surface area contributed by atoms with E-state index in [2.05, 4.69) is 0 Å². The fourth-order valence-electron chi connectivity index (χ4n) is 1.21. The summed E-state index contributed by atoms with van der Waals surface area (Å²) in [5.41, 5.74) is 0. The number of rotatable bonds is 0. The van der Waals surface area contributed by atoms with Crippen LogP contribution >= 0.6 is 27.0 Å². The Morgan fingerprint density at radius 3 is 1.58 bits per heavy atom. The van der Waals surface area contributed by atoms with E-state index in [1.807, 2.05) is 0 Å². The van der Waals surface area contributed by atoms with E-state index >= 15 is 0 Å². The van der Waals surface area contributed by atoms with Crippen molar-refractivity contribution in [2.75, 3.05) is 13.2 Å². The second-order valence-corrected chi connectivity index (χ2v) is 2.40. The summed E-state index contributed by atoms with van der Waals surface area (Å²) < 4.78 is 9.75. The molecule has 0 spiro atoms.